The summed E-state index contributed by atoms with van der Waals surface area (Å²) in [7, 11) is 0. The molecule has 172 valence electrons. The van der Waals surface area contributed by atoms with Crippen LogP contribution >= 0.6 is 0 Å². The molecule has 1 rings (SSSR count). The van der Waals surface area contributed by atoms with Crippen molar-refractivity contribution in [3.63, 3.8) is 0 Å². The zero-order valence-corrected chi connectivity index (χ0v) is 19.2. The number of carboxylic acids is 1. The molecular formula is C26H45NO3. The van der Waals surface area contributed by atoms with Crippen LogP contribution < -0.4 is 5.32 Å². The Morgan fingerprint density at radius 2 is 1.43 bits per heavy atom. The molecule has 0 bridgehead atoms. The van der Waals surface area contributed by atoms with E-state index < -0.39 is 5.97 Å². The second kappa shape index (κ2) is 18.2. The van der Waals surface area contributed by atoms with Crippen molar-refractivity contribution < 1.29 is 14.7 Å². The number of carboxylic acid groups (broad SMARTS) is 1. The van der Waals surface area contributed by atoms with Gasteiger partial charge in [-0.2, -0.15) is 0 Å². The molecule has 0 aromatic rings. The largest absolute Gasteiger partial charge is 0.481 e. The lowest BCUT2D eigenvalue weighted by atomic mass is 9.82. The zero-order valence-electron chi connectivity index (χ0n) is 19.2. The molecule has 1 fully saturated rings. The van der Waals surface area contributed by atoms with Crippen LogP contribution in [0.3, 0.4) is 0 Å². The van der Waals surface area contributed by atoms with Crippen molar-refractivity contribution in [1.82, 2.24) is 5.32 Å². The Balaban J connectivity index is 1.87. The molecular weight excluding hydrogens is 374 g/mol. The third-order valence-electron chi connectivity index (χ3n) is 6.14. The normalized spacial score (nSPS) is 19.5. The number of carbonyl (C=O) groups is 2. The van der Waals surface area contributed by atoms with E-state index in [1.807, 2.05) is 0 Å². The van der Waals surface area contributed by atoms with Gasteiger partial charge in [0.2, 0.25) is 5.91 Å². The first-order chi connectivity index (χ1) is 14.6. The predicted molar refractivity (Wildman–Crippen MR) is 125 cm³/mol. The molecule has 4 heteroatoms. The Morgan fingerprint density at radius 3 is 2.07 bits per heavy atom. The highest BCUT2D eigenvalue weighted by Crippen LogP contribution is 2.28. The number of carbonyl (C=O) groups excluding carboxylic acids is 1. The van der Waals surface area contributed by atoms with E-state index in [-0.39, 0.29) is 11.8 Å². The summed E-state index contributed by atoms with van der Waals surface area (Å²) in [4.78, 5) is 22.9. The van der Waals surface area contributed by atoms with E-state index in [4.69, 9.17) is 5.11 Å². The van der Waals surface area contributed by atoms with Gasteiger partial charge in [-0.1, -0.05) is 63.3 Å². The third kappa shape index (κ3) is 14.4. The highest BCUT2D eigenvalue weighted by Gasteiger charge is 2.25. The van der Waals surface area contributed by atoms with Gasteiger partial charge >= 0.3 is 5.97 Å². The first-order valence-electron chi connectivity index (χ1n) is 12.4. The van der Waals surface area contributed by atoms with Crippen LogP contribution in [0.4, 0.5) is 0 Å². The van der Waals surface area contributed by atoms with Gasteiger partial charge in [-0.3, -0.25) is 9.59 Å². The summed E-state index contributed by atoms with van der Waals surface area (Å²) >= 11 is 0. The van der Waals surface area contributed by atoms with Crippen LogP contribution in [-0.4, -0.2) is 23.5 Å². The van der Waals surface area contributed by atoms with E-state index in [1.54, 1.807) is 0 Å². The average molecular weight is 420 g/mol. The minimum atomic E-state index is -0.668. The van der Waals surface area contributed by atoms with Crippen molar-refractivity contribution in [2.24, 2.45) is 11.8 Å². The fourth-order valence-electron chi connectivity index (χ4n) is 4.06. The van der Waals surface area contributed by atoms with E-state index >= 15 is 0 Å². The van der Waals surface area contributed by atoms with Crippen LogP contribution in [0.15, 0.2) is 24.3 Å². The summed E-state index contributed by atoms with van der Waals surface area (Å²) in [5.41, 5.74) is 0. The molecule has 1 amide bonds. The van der Waals surface area contributed by atoms with Crippen LogP contribution in [0.25, 0.3) is 0 Å². The van der Waals surface area contributed by atoms with E-state index in [2.05, 4.69) is 36.5 Å². The number of rotatable bonds is 17. The summed E-state index contributed by atoms with van der Waals surface area (Å²) in [6.07, 6.45) is 26.3. The molecule has 0 saturated heterocycles. The summed E-state index contributed by atoms with van der Waals surface area (Å²) in [6, 6.07) is 0. The molecule has 0 aliphatic heterocycles. The van der Waals surface area contributed by atoms with E-state index in [0.717, 1.165) is 51.4 Å². The third-order valence-corrected chi connectivity index (χ3v) is 6.14. The topological polar surface area (TPSA) is 66.4 Å². The molecule has 2 N–H and O–H groups in total. The lowest BCUT2D eigenvalue weighted by Gasteiger charge is -2.26. The standard InChI is InChI=1S/C26H45NO3/c1-2-3-4-5-6-7-8-9-10-11-12-13-14-15-16-17-25(28)27-22-23-18-20-24(21-19-23)26(29)30/h6-7,9-10,23-24H,2-5,8,11-22H2,1H3,(H,27,28)(H,29,30). The molecule has 1 aliphatic carbocycles. The van der Waals surface area contributed by atoms with Gasteiger partial charge in [0.25, 0.3) is 0 Å². The number of hydrogen-bond acceptors (Lipinski definition) is 2. The second-order valence-corrected chi connectivity index (χ2v) is 8.84. The van der Waals surface area contributed by atoms with Crippen LogP contribution in [0.2, 0.25) is 0 Å². The molecule has 0 atom stereocenters. The Labute approximate surface area is 184 Å². The van der Waals surface area contributed by atoms with Crippen molar-refractivity contribution in [2.75, 3.05) is 6.54 Å². The predicted octanol–water partition coefficient (Wildman–Crippen LogP) is 6.81. The zero-order chi connectivity index (χ0) is 21.9. The van der Waals surface area contributed by atoms with Crippen LogP contribution in [0, 0.1) is 11.8 Å². The van der Waals surface area contributed by atoms with Gasteiger partial charge in [-0.25, -0.2) is 0 Å². The van der Waals surface area contributed by atoms with Crippen molar-refractivity contribution >= 4 is 11.9 Å². The van der Waals surface area contributed by atoms with E-state index in [0.29, 0.717) is 18.9 Å². The van der Waals surface area contributed by atoms with Crippen molar-refractivity contribution in [3.8, 4) is 0 Å². The molecule has 0 aromatic heterocycles. The summed E-state index contributed by atoms with van der Waals surface area (Å²) in [6.45, 7) is 2.95. The van der Waals surface area contributed by atoms with Crippen LogP contribution in [-0.2, 0) is 9.59 Å². The minimum absolute atomic E-state index is 0.154. The molecule has 1 saturated carbocycles. The first-order valence-corrected chi connectivity index (χ1v) is 12.4. The monoisotopic (exact) mass is 419 g/mol. The number of allylic oxidation sites excluding steroid dienone is 4. The number of hydrogen-bond donors (Lipinski definition) is 2. The van der Waals surface area contributed by atoms with Gasteiger partial charge < -0.3 is 10.4 Å². The van der Waals surface area contributed by atoms with Gasteiger partial charge in [0.1, 0.15) is 0 Å². The van der Waals surface area contributed by atoms with Crippen LogP contribution in [0.5, 0.6) is 0 Å². The van der Waals surface area contributed by atoms with E-state index in [1.165, 1.54) is 44.9 Å². The highest BCUT2D eigenvalue weighted by atomic mass is 16.4. The van der Waals surface area contributed by atoms with Crippen molar-refractivity contribution in [1.29, 1.82) is 0 Å². The first kappa shape index (κ1) is 26.5. The second-order valence-electron chi connectivity index (χ2n) is 8.84. The number of nitrogens with one attached hydrogen (secondary N) is 1. The Kier molecular flexibility index (Phi) is 16.1. The molecule has 30 heavy (non-hydrogen) atoms. The summed E-state index contributed by atoms with van der Waals surface area (Å²) in [5.74, 6) is -0.237. The lowest BCUT2D eigenvalue weighted by molar-refractivity contribution is -0.143. The lowest BCUT2D eigenvalue weighted by Crippen LogP contribution is -2.32. The number of unbranched alkanes of at least 4 members (excludes halogenated alkanes) is 8. The number of aliphatic carboxylic acids is 1. The molecule has 0 heterocycles. The maximum absolute atomic E-state index is 12.0. The van der Waals surface area contributed by atoms with Gasteiger partial charge in [0.15, 0.2) is 0 Å². The van der Waals surface area contributed by atoms with Crippen LogP contribution in [0.1, 0.15) is 110 Å². The van der Waals surface area contributed by atoms with Gasteiger partial charge in [0, 0.05) is 13.0 Å². The maximum atomic E-state index is 12.0. The van der Waals surface area contributed by atoms with Crippen molar-refractivity contribution in [3.05, 3.63) is 24.3 Å². The van der Waals surface area contributed by atoms with Crippen molar-refractivity contribution in [2.45, 2.75) is 110 Å². The Hall–Kier alpha value is -1.58. The fraction of sp³-hybridized carbons (Fsp3) is 0.769. The SMILES string of the molecule is CCCCCC=CCC=CCCCCCCCC(=O)NCC1CCC(C(=O)O)CC1. The molecule has 0 aromatic carbocycles. The number of amides is 1. The Morgan fingerprint density at radius 1 is 0.833 bits per heavy atom. The van der Waals surface area contributed by atoms with E-state index in [9.17, 15) is 9.59 Å². The van der Waals surface area contributed by atoms with Gasteiger partial charge in [-0.05, 0) is 70.1 Å². The molecule has 0 radical (unpaired) electrons. The molecule has 1 aliphatic rings. The van der Waals surface area contributed by atoms with Gasteiger partial charge in [-0.15, -0.1) is 0 Å². The molecule has 0 spiro atoms. The smallest absolute Gasteiger partial charge is 0.306 e. The quantitative estimate of drug-likeness (QED) is 0.201. The highest BCUT2D eigenvalue weighted by molar-refractivity contribution is 5.75. The Bertz CT molecular complexity index is 504. The molecule has 0 unspecified atom stereocenters. The summed E-state index contributed by atoms with van der Waals surface area (Å²) < 4.78 is 0. The maximum Gasteiger partial charge on any atom is 0.306 e. The summed E-state index contributed by atoms with van der Waals surface area (Å²) in [5, 5.41) is 12.1. The molecule has 4 nitrogen and oxygen atoms in total. The van der Waals surface area contributed by atoms with Gasteiger partial charge in [0.05, 0.1) is 5.92 Å². The fourth-order valence-corrected chi connectivity index (χ4v) is 4.06. The average Bonchev–Trinajstić information content (AvgIpc) is 2.75. The minimum Gasteiger partial charge on any atom is -0.481 e.